The van der Waals surface area contributed by atoms with Crippen molar-refractivity contribution >= 4 is 23.2 Å². The van der Waals surface area contributed by atoms with E-state index in [4.69, 9.17) is 5.11 Å². The number of halogens is 1. The second-order valence-electron chi connectivity index (χ2n) is 5.35. The van der Waals surface area contributed by atoms with E-state index in [2.05, 4.69) is 10.3 Å². The monoisotopic (exact) mass is 336 g/mol. The van der Waals surface area contributed by atoms with Crippen LogP contribution in [0.5, 0.6) is 0 Å². The molecular weight excluding hydrogens is 319 g/mol. The number of nitrogens with one attached hydrogen (secondary N) is 1. The van der Waals surface area contributed by atoms with E-state index in [-0.39, 0.29) is 30.6 Å². The summed E-state index contributed by atoms with van der Waals surface area (Å²) in [5, 5.41) is 13.7. The lowest BCUT2D eigenvalue weighted by atomic mass is 10.1. The summed E-state index contributed by atoms with van der Waals surface area (Å²) >= 11 is 1.33. The summed E-state index contributed by atoms with van der Waals surface area (Å²) in [7, 11) is 0. The summed E-state index contributed by atoms with van der Waals surface area (Å²) in [6.07, 6.45) is 0.466. The van der Waals surface area contributed by atoms with E-state index >= 15 is 0 Å². The molecule has 7 heteroatoms. The Kier molecular flexibility index (Phi) is 5.81. The first-order valence-corrected chi connectivity index (χ1v) is 8.01. The second kappa shape index (κ2) is 7.82. The van der Waals surface area contributed by atoms with Gasteiger partial charge in [-0.2, -0.15) is 0 Å². The molecule has 1 amide bonds. The van der Waals surface area contributed by atoms with Gasteiger partial charge in [-0.1, -0.05) is 19.1 Å². The van der Waals surface area contributed by atoms with Crippen LogP contribution in [0.4, 0.5) is 4.39 Å². The summed E-state index contributed by atoms with van der Waals surface area (Å²) in [4.78, 5) is 26.8. The highest BCUT2D eigenvalue weighted by Gasteiger charge is 2.13. The van der Waals surface area contributed by atoms with E-state index in [0.717, 1.165) is 10.6 Å². The molecule has 0 aliphatic heterocycles. The number of carboxylic acid groups (broad SMARTS) is 1. The lowest BCUT2D eigenvalue weighted by Gasteiger charge is -2.09. The average molecular weight is 336 g/mol. The first kappa shape index (κ1) is 17.1. The Labute approximate surface area is 137 Å². The van der Waals surface area contributed by atoms with Gasteiger partial charge in [-0.15, -0.1) is 11.3 Å². The van der Waals surface area contributed by atoms with Crippen molar-refractivity contribution in [3.63, 3.8) is 0 Å². The third-order valence-electron chi connectivity index (χ3n) is 3.16. The molecule has 1 heterocycles. The third-order valence-corrected chi connectivity index (χ3v) is 4.01. The number of thiazole rings is 1. The largest absolute Gasteiger partial charge is 0.481 e. The first-order chi connectivity index (χ1) is 10.9. The second-order valence-corrected chi connectivity index (χ2v) is 6.29. The van der Waals surface area contributed by atoms with Crippen LogP contribution < -0.4 is 5.32 Å². The molecule has 5 nitrogen and oxygen atoms in total. The number of carboxylic acids is 1. The zero-order valence-electron chi connectivity index (χ0n) is 12.6. The van der Waals surface area contributed by atoms with Crippen LogP contribution in [0.3, 0.4) is 0 Å². The van der Waals surface area contributed by atoms with Gasteiger partial charge in [0, 0.05) is 24.8 Å². The highest BCUT2D eigenvalue weighted by Crippen LogP contribution is 2.15. The van der Waals surface area contributed by atoms with Gasteiger partial charge < -0.3 is 10.4 Å². The number of amides is 1. The number of carbonyl (C=O) groups excluding carboxylic acids is 1. The van der Waals surface area contributed by atoms with Crippen LogP contribution in [0.25, 0.3) is 0 Å². The van der Waals surface area contributed by atoms with Crippen LogP contribution in [0.15, 0.2) is 29.6 Å². The molecule has 1 aromatic heterocycles. The molecule has 1 unspecified atom stereocenters. The first-order valence-electron chi connectivity index (χ1n) is 7.13. The molecule has 0 fully saturated rings. The highest BCUT2D eigenvalue weighted by atomic mass is 32.1. The van der Waals surface area contributed by atoms with Gasteiger partial charge >= 0.3 is 5.97 Å². The molecule has 0 aliphatic rings. The van der Waals surface area contributed by atoms with E-state index < -0.39 is 5.97 Å². The summed E-state index contributed by atoms with van der Waals surface area (Å²) in [5.74, 6) is -1.67. The van der Waals surface area contributed by atoms with Gasteiger partial charge in [-0.3, -0.25) is 9.59 Å². The van der Waals surface area contributed by atoms with Gasteiger partial charge in [0.05, 0.1) is 5.01 Å². The van der Waals surface area contributed by atoms with E-state index in [9.17, 15) is 14.0 Å². The average Bonchev–Trinajstić information content (AvgIpc) is 2.92. The zero-order chi connectivity index (χ0) is 16.8. The lowest BCUT2D eigenvalue weighted by Crippen LogP contribution is -2.29. The molecule has 2 aromatic rings. The molecule has 0 bridgehead atoms. The predicted molar refractivity (Wildman–Crippen MR) is 85.1 cm³/mol. The van der Waals surface area contributed by atoms with E-state index in [1.807, 2.05) is 0 Å². The molecular formula is C16H17FN2O3S. The van der Waals surface area contributed by atoms with Gasteiger partial charge in [0.25, 0.3) is 5.91 Å². The lowest BCUT2D eigenvalue weighted by molar-refractivity contribution is -0.137. The van der Waals surface area contributed by atoms with Gasteiger partial charge in [-0.05, 0) is 23.6 Å². The van der Waals surface area contributed by atoms with Crippen molar-refractivity contribution in [2.45, 2.75) is 19.8 Å². The number of nitrogens with zero attached hydrogens (tertiary/aromatic N) is 1. The number of benzene rings is 1. The fourth-order valence-corrected chi connectivity index (χ4v) is 2.85. The Hall–Kier alpha value is -2.28. The van der Waals surface area contributed by atoms with Crippen LogP contribution >= 0.6 is 11.3 Å². The molecule has 0 saturated heterocycles. The number of aliphatic carboxylic acids is 1. The highest BCUT2D eigenvalue weighted by molar-refractivity contribution is 7.09. The Morgan fingerprint density at radius 2 is 2.22 bits per heavy atom. The maximum Gasteiger partial charge on any atom is 0.303 e. The van der Waals surface area contributed by atoms with E-state index in [1.54, 1.807) is 24.4 Å². The van der Waals surface area contributed by atoms with Crippen molar-refractivity contribution in [1.29, 1.82) is 0 Å². The number of rotatable bonds is 7. The van der Waals surface area contributed by atoms with E-state index in [1.165, 1.54) is 23.5 Å². The number of hydrogen-bond acceptors (Lipinski definition) is 4. The normalized spacial score (nSPS) is 11.9. The number of carbonyl (C=O) groups is 2. The minimum atomic E-state index is -0.891. The number of hydrogen-bond donors (Lipinski definition) is 2. The van der Waals surface area contributed by atoms with Crippen molar-refractivity contribution in [1.82, 2.24) is 10.3 Å². The van der Waals surface area contributed by atoms with Crippen LogP contribution in [-0.2, 0) is 11.2 Å². The van der Waals surface area contributed by atoms with Gasteiger partial charge in [0.2, 0.25) is 0 Å². The topological polar surface area (TPSA) is 79.3 Å². The quantitative estimate of drug-likeness (QED) is 0.815. The molecule has 2 N–H and O–H groups in total. The van der Waals surface area contributed by atoms with Crippen LogP contribution in [0, 0.1) is 11.7 Å². The fourth-order valence-electron chi connectivity index (χ4n) is 2.05. The fraction of sp³-hybridized carbons (Fsp3) is 0.312. The minimum Gasteiger partial charge on any atom is -0.481 e. The SMILES string of the molecule is CC(CNC(=O)c1csc(Cc2cccc(F)c2)n1)CC(=O)O. The smallest absolute Gasteiger partial charge is 0.303 e. The van der Waals surface area contributed by atoms with E-state index in [0.29, 0.717) is 12.1 Å². The molecule has 122 valence electrons. The third kappa shape index (κ3) is 5.45. The van der Waals surface area contributed by atoms with Crippen LogP contribution in [0.1, 0.15) is 34.4 Å². The Balaban J connectivity index is 1.91. The minimum absolute atomic E-state index is 0.00215. The van der Waals surface area contributed by atoms with Crippen molar-refractivity contribution < 1.29 is 19.1 Å². The maximum atomic E-state index is 13.1. The molecule has 0 spiro atoms. The molecule has 23 heavy (non-hydrogen) atoms. The predicted octanol–water partition coefficient (Wildman–Crippen LogP) is 2.71. The Morgan fingerprint density at radius 3 is 2.91 bits per heavy atom. The van der Waals surface area contributed by atoms with Crippen molar-refractivity contribution in [2.75, 3.05) is 6.54 Å². The summed E-state index contributed by atoms with van der Waals surface area (Å²) in [5.41, 5.74) is 1.09. The molecule has 1 aromatic carbocycles. The van der Waals surface area contributed by atoms with Crippen molar-refractivity contribution in [2.24, 2.45) is 5.92 Å². The summed E-state index contributed by atoms with van der Waals surface area (Å²) in [6, 6.07) is 6.25. The molecule has 0 saturated carbocycles. The Bertz CT molecular complexity index is 702. The molecule has 0 aliphatic carbocycles. The molecule has 2 rings (SSSR count). The maximum absolute atomic E-state index is 13.1. The summed E-state index contributed by atoms with van der Waals surface area (Å²) < 4.78 is 13.1. The molecule has 1 atom stereocenters. The van der Waals surface area contributed by atoms with Gasteiger partial charge in [-0.25, -0.2) is 9.37 Å². The van der Waals surface area contributed by atoms with Gasteiger partial charge in [0.1, 0.15) is 11.5 Å². The van der Waals surface area contributed by atoms with Crippen LogP contribution in [0.2, 0.25) is 0 Å². The van der Waals surface area contributed by atoms with Gasteiger partial charge in [0.15, 0.2) is 0 Å². The zero-order valence-corrected chi connectivity index (χ0v) is 13.4. The molecule has 0 radical (unpaired) electrons. The Morgan fingerprint density at radius 1 is 1.43 bits per heavy atom. The standard InChI is InChI=1S/C16H17FN2O3S/c1-10(5-15(20)21)8-18-16(22)13-9-23-14(19-13)7-11-3-2-4-12(17)6-11/h2-4,6,9-10H,5,7-8H2,1H3,(H,18,22)(H,20,21). The van der Waals surface area contributed by atoms with Crippen LogP contribution in [-0.4, -0.2) is 28.5 Å². The van der Waals surface area contributed by atoms with Crippen molar-refractivity contribution in [3.8, 4) is 0 Å². The van der Waals surface area contributed by atoms with Crippen molar-refractivity contribution in [3.05, 3.63) is 51.7 Å². The number of aromatic nitrogens is 1. The summed E-state index contributed by atoms with van der Waals surface area (Å²) in [6.45, 7) is 2.03.